The van der Waals surface area contributed by atoms with Gasteiger partial charge < -0.3 is 5.32 Å². The first-order valence-electron chi connectivity index (χ1n) is 7.65. The summed E-state index contributed by atoms with van der Waals surface area (Å²) in [4.78, 5) is 16.8. The summed E-state index contributed by atoms with van der Waals surface area (Å²) in [5.74, 6) is 0.324. The van der Waals surface area contributed by atoms with Crippen molar-refractivity contribution in [2.75, 3.05) is 12.0 Å². The van der Waals surface area contributed by atoms with Crippen molar-refractivity contribution < 1.29 is 13.2 Å². The lowest BCUT2D eigenvalue weighted by Gasteiger charge is -2.18. The summed E-state index contributed by atoms with van der Waals surface area (Å²) in [6, 6.07) is 5.89. The first-order chi connectivity index (χ1) is 11.9. The monoisotopic (exact) mass is 399 g/mol. The van der Waals surface area contributed by atoms with Crippen LogP contribution in [0.25, 0.3) is 0 Å². The molecule has 1 heterocycles. The fraction of sp³-hybridized carbons (Fsp3) is 0.375. The number of aryl methyl sites for hydroxylation is 1. The van der Waals surface area contributed by atoms with Gasteiger partial charge in [0.05, 0.1) is 22.6 Å². The summed E-state index contributed by atoms with van der Waals surface area (Å²) >= 11 is 3.01. The van der Waals surface area contributed by atoms with Crippen LogP contribution in [0.5, 0.6) is 0 Å². The second-order valence-electron chi connectivity index (χ2n) is 5.42. The Morgan fingerprint density at radius 2 is 2.12 bits per heavy atom. The zero-order chi connectivity index (χ0) is 18.3. The Morgan fingerprint density at radius 1 is 1.36 bits per heavy atom. The summed E-state index contributed by atoms with van der Waals surface area (Å²) in [7, 11) is -3.77. The van der Waals surface area contributed by atoms with Gasteiger partial charge in [0, 0.05) is 5.38 Å². The molecule has 1 unspecified atom stereocenters. The summed E-state index contributed by atoms with van der Waals surface area (Å²) in [6.07, 6.45) is 2.33. The fourth-order valence-electron chi connectivity index (χ4n) is 2.21. The Morgan fingerprint density at radius 3 is 2.76 bits per heavy atom. The Bertz CT molecular complexity index is 792. The molecule has 0 aliphatic heterocycles. The molecule has 9 heteroatoms. The minimum absolute atomic E-state index is 0.191. The van der Waals surface area contributed by atoms with E-state index >= 15 is 0 Å². The van der Waals surface area contributed by atoms with Gasteiger partial charge in [-0.2, -0.15) is 16.5 Å². The van der Waals surface area contributed by atoms with Crippen molar-refractivity contribution in [2.45, 2.75) is 30.8 Å². The normalized spacial score (nSPS) is 12.7. The highest BCUT2D eigenvalue weighted by atomic mass is 32.2. The quantitative estimate of drug-likeness (QED) is 0.675. The van der Waals surface area contributed by atoms with Gasteiger partial charge in [0.15, 0.2) is 0 Å². The van der Waals surface area contributed by atoms with E-state index in [1.165, 1.54) is 17.4 Å². The molecule has 0 bridgehead atoms. The molecule has 1 aromatic carbocycles. The number of benzene rings is 1. The third-order valence-corrected chi connectivity index (χ3v) is 6.45. The highest BCUT2D eigenvalue weighted by Gasteiger charge is 2.26. The van der Waals surface area contributed by atoms with Crippen LogP contribution in [0.15, 0.2) is 40.1 Å². The first kappa shape index (κ1) is 19.9. The third kappa shape index (κ3) is 5.81. The molecule has 2 aromatic rings. The number of rotatable bonds is 9. The minimum Gasteiger partial charge on any atom is -0.349 e. The number of hydrogen-bond acceptors (Lipinski definition) is 6. The zero-order valence-electron chi connectivity index (χ0n) is 14.1. The topological polar surface area (TPSA) is 88.2 Å². The Kier molecular flexibility index (Phi) is 7.42. The number of carbonyl (C=O) groups is 1. The van der Waals surface area contributed by atoms with Gasteiger partial charge in [-0.25, -0.2) is 13.4 Å². The van der Waals surface area contributed by atoms with Crippen LogP contribution in [-0.2, 0) is 21.4 Å². The second-order valence-corrected chi connectivity index (χ2v) is 8.81. The van der Waals surface area contributed by atoms with Crippen LogP contribution in [0.1, 0.15) is 17.7 Å². The second kappa shape index (κ2) is 9.33. The molecule has 0 aliphatic carbocycles. The number of aromatic nitrogens is 1. The average molecular weight is 400 g/mol. The molecule has 6 nitrogen and oxygen atoms in total. The van der Waals surface area contributed by atoms with Crippen LogP contribution in [-0.4, -0.2) is 37.4 Å². The fourth-order valence-corrected chi connectivity index (χ4v) is 4.72. The lowest BCUT2D eigenvalue weighted by atomic mass is 10.2. The molecule has 0 saturated heterocycles. The van der Waals surface area contributed by atoms with E-state index in [1.807, 2.05) is 11.6 Å². The highest BCUT2D eigenvalue weighted by molar-refractivity contribution is 7.98. The van der Waals surface area contributed by atoms with Gasteiger partial charge in [0.2, 0.25) is 15.9 Å². The lowest BCUT2D eigenvalue weighted by Crippen LogP contribution is -2.46. The molecule has 136 valence electrons. The van der Waals surface area contributed by atoms with Crippen molar-refractivity contribution in [1.29, 1.82) is 0 Å². The predicted molar refractivity (Wildman–Crippen MR) is 102 cm³/mol. The number of carbonyl (C=O) groups excluding carboxylic acids is 1. The molecular weight excluding hydrogens is 378 g/mol. The molecule has 25 heavy (non-hydrogen) atoms. The largest absolute Gasteiger partial charge is 0.349 e. The lowest BCUT2D eigenvalue weighted by molar-refractivity contribution is -0.122. The third-order valence-electron chi connectivity index (χ3n) is 3.53. The number of nitrogens with one attached hydrogen (secondary N) is 2. The molecule has 1 atom stereocenters. The number of amides is 1. The number of hydrogen-bond donors (Lipinski definition) is 2. The van der Waals surface area contributed by atoms with E-state index in [-0.39, 0.29) is 17.3 Å². The number of sulfonamides is 1. The minimum atomic E-state index is -3.77. The van der Waals surface area contributed by atoms with Crippen LogP contribution < -0.4 is 10.0 Å². The maximum atomic E-state index is 12.7. The van der Waals surface area contributed by atoms with Gasteiger partial charge in [-0.3, -0.25) is 4.79 Å². The molecule has 0 radical (unpaired) electrons. The van der Waals surface area contributed by atoms with Crippen LogP contribution in [0, 0.1) is 6.92 Å². The van der Waals surface area contributed by atoms with Crippen LogP contribution >= 0.6 is 23.1 Å². The summed E-state index contributed by atoms with van der Waals surface area (Å²) in [6.45, 7) is 2.01. The average Bonchev–Trinajstić information content (AvgIpc) is 3.10. The zero-order valence-corrected chi connectivity index (χ0v) is 16.5. The smallest absolute Gasteiger partial charge is 0.241 e. The summed E-state index contributed by atoms with van der Waals surface area (Å²) < 4.78 is 27.9. The number of nitrogens with zero attached hydrogens (tertiary/aromatic N) is 1. The summed E-state index contributed by atoms with van der Waals surface area (Å²) in [5, 5.41) is 4.59. The Labute approximate surface area is 156 Å². The first-order valence-corrected chi connectivity index (χ1v) is 11.5. The molecule has 0 aliphatic rings. The van der Waals surface area contributed by atoms with E-state index in [0.29, 0.717) is 17.7 Å². The van der Waals surface area contributed by atoms with Gasteiger partial charge in [0.1, 0.15) is 6.04 Å². The van der Waals surface area contributed by atoms with Gasteiger partial charge in [-0.15, -0.1) is 11.3 Å². The van der Waals surface area contributed by atoms with Gasteiger partial charge in [-0.1, -0.05) is 18.2 Å². The van der Waals surface area contributed by atoms with Crippen LogP contribution in [0.3, 0.4) is 0 Å². The summed E-state index contributed by atoms with van der Waals surface area (Å²) in [5.41, 5.74) is 3.08. The van der Waals surface area contributed by atoms with Crippen molar-refractivity contribution in [1.82, 2.24) is 15.0 Å². The van der Waals surface area contributed by atoms with Gasteiger partial charge in [0.25, 0.3) is 0 Å². The van der Waals surface area contributed by atoms with E-state index in [2.05, 4.69) is 15.0 Å². The maximum Gasteiger partial charge on any atom is 0.241 e. The standard InChI is InChI=1S/C16H21N3O3S3/c1-12-5-3-4-6-15(12)25(21,22)19-14(7-8-23-2)16(20)17-9-13-10-24-11-18-13/h3-6,10-11,14,19H,7-9H2,1-2H3,(H,17,20). The van der Waals surface area contributed by atoms with E-state index in [4.69, 9.17) is 0 Å². The Hall–Kier alpha value is -1.42. The van der Waals surface area contributed by atoms with Crippen LogP contribution in [0.4, 0.5) is 0 Å². The van der Waals surface area contributed by atoms with E-state index < -0.39 is 16.1 Å². The van der Waals surface area contributed by atoms with Crippen molar-refractivity contribution in [3.05, 3.63) is 46.4 Å². The predicted octanol–water partition coefficient (Wildman–Crippen LogP) is 2.17. The molecule has 0 spiro atoms. The molecule has 1 amide bonds. The number of thiazole rings is 1. The number of thioether (sulfide) groups is 1. The Balaban J connectivity index is 2.10. The molecule has 2 rings (SSSR count). The SMILES string of the molecule is CSCCC(NS(=O)(=O)c1ccccc1C)C(=O)NCc1cscn1. The van der Waals surface area contributed by atoms with E-state index in [0.717, 1.165) is 5.69 Å². The van der Waals surface area contributed by atoms with E-state index in [9.17, 15) is 13.2 Å². The van der Waals surface area contributed by atoms with E-state index in [1.54, 1.807) is 42.4 Å². The molecular formula is C16H21N3O3S3. The highest BCUT2D eigenvalue weighted by Crippen LogP contribution is 2.15. The molecule has 0 saturated carbocycles. The maximum absolute atomic E-state index is 12.7. The van der Waals surface area contributed by atoms with Crippen molar-refractivity contribution >= 4 is 39.0 Å². The molecule has 2 N–H and O–H groups in total. The van der Waals surface area contributed by atoms with Gasteiger partial charge >= 0.3 is 0 Å². The van der Waals surface area contributed by atoms with Crippen molar-refractivity contribution in [3.63, 3.8) is 0 Å². The molecule has 0 fully saturated rings. The van der Waals surface area contributed by atoms with Crippen molar-refractivity contribution in [3.8, 4) is 0 Å². The van der Waals surface area contributed by atoms with Gasteiger partial charge in [-0.05, 0) is 37.0 Å². The van der Waals surface area contributed by atoms with Crippen molar-refractivity contribution in [2.24, 2.45) is 0 Å². The molecule has 1 aromatic heterocycles. The van der Waals surface area contributed by atoms with Crippen LogP contribution in [0.2, 0.25) is 0 Å².